The molecule has 0 bridgehead atoms. The molecule has 1 aromatic heterocycles. The first kappa shape index (κ1) is 16.8. The zero-order chi connectivity index (χ0) is 18.3. The van der Waals surface area contributed by atoms with Gasteiger partial charge in [-0.15, -0.1) is 0 Å². The number of ether oxygens (including phenoxy) is 1. The number of nitrogens with zero attached hydrogens (tertiary/aromatic N) is 2. The third-order valence-corrected chi connectivity index (χ3v) is 5.20. The lowest BCUT2D eigenvalue weighted by molar-refractivity contribution is -0.123. The summed E-state index contributed by atoms with van der Waals surface area (Å²) in [5.41, 5.74) is 2.41. The Morgan fingerprint density at radius 2 is 2.23 bits per heavy atom. The van der Waals surface area contributed by atoms with Crippen molar-refractivity contribution in [3.63, 3.8) is 0 Å². The molecule has 2 amide bonds. The van der Waals surface area contributed by atoms with Crippen LogP contribution in [-0.4, -0.2) is 29.9 Å². The highest BCUT2D eigenvalue weighted by Gasteiger charge is 2.27. The molecule has 6 nitrogen and oxygen atoms in total. The maximum absolute atomic E-state index is 12.5. The van der Waals surface area contributed by atoms with Gasteiger partial charge in [0.15, 0.2) is 11.7 Å². The van der Waals surface area contributed by atoms with Gasteiger partial charge in [-0.25, -0.2) is 4.98 Å². The zero-order valence-corrected chi connectivity index (χ0v) is 15.4. The van der Waals surface area contributed by atoms with Crippen molar-refractivity contribution in [3.05, 3.63) is 47.0 Å². The average molecular weight is 388 g/mol. The van der Waals surface area contributed by atoms with Gasteiger partial charge in [0.2, 0.25) is 5.91 Å². The van der Waals surface area contributed by atoms with Crippen LogP contribution in [0.5, 0.6) is 5.75 Å². The van der Waals surface area contributed by atoms with Crippen LogP contribution in [-0.2, 0) is 9.59 Å². The van der Waals surface area contributed by atoms with E-state index in [0.29, 0.717) is 21.6 Å². The first-order valence-corrected chi connectivity index (χ1v) is 9.09. The van der Waals surface area contributed by atoms with E-state index in [9.17, 15) is 9.59 Å². The molecule has 0 atom stereocenters. The Morgan fingerprint density at radius 1 is 1.38 bits per heavy atom. The van der Waals surface area contributed by atoms with E-state index in [4.69, 9.17) is 16.3 Å². The van der Waals surface area contributed by atoms with Gasteiger partial charge in [-0.05, 0) is 36.8 Å². The molecule has 8 heteroatoms. The topological polar surface area (TPSA) is 71.5 Å². The van der Waals surface area contributed by atoms with Crippen LogP contribution in [0.15, 0.2) is 36.4 Å². The maximum atomic E-state index is 12.5. The summed E-state index contributed by atoms with van der Waals surface area (Å²) >= 11 is 7.41. The molecule has 0 spiro atoms. The number of amides is 2. The summed E-state index contributed by atoms with van der Waals surface area (Å²) < 4.78 is 6.38. The number of nitrogens with one attached hydrogen (secondary N) is 1. The van der Waals surface area contributed by atoms with Gasteiger partial charge in [-0.1, -0.05) is 35.1 Å². The number of halogens is 1. The minimum absolute atomic E-state index is 0.109. The molecule has 0 saturated heterocycles. The van der Waals surface area contributed by atoms with Gasteiger partial charge in [-0.2, -0.15) is 0 Å². The summed E-state index contributed by atoms with van der Waals surface area (Å²) in [6, 6.07) is 10.9. The predicted molar refractivity (Wildman–Crippen MR) is 102 cm³/mol. The Labute approximate surface area is 158 Å². The summed E-state index contributed by atoms with van der Waals surface area (Å²) in [6.45, 7) is 1.73. The lowest BCUT2D eigenvalue weighted by Crippen LogP contribution is -2.43. The number of carbonyl (C=O) groups is 2. The highest BCUT2D eigenvalue weighted by Crippen LogP contribution is 2.34. The van der Waals surface area contributed by atoms with E-state index in [1.165, 1.54) is 16.2 Å². The molecule has 132 valence electrons. The van der Waals surface area contributed by atoms with Gasteiger partial charge >= 0.3 is 0 Å². The van der Waals surface area contributed by atoms with Crippen LogP contribution in [0.2, 0.25) is 5.02 Å². The van der Waals surface area contributed by atoms with E-state index >= 15 is 0 Å². The van der Waals surface area contributed by atoms with Crippen molar-refractivity contribution in [1.29, 1.82) is 0 Å². The molecule has 2 heterocycles. The van der Waals surface area contributed by atoms with E-state index in [1.807, 2.05) is 25.1 Å². The van der Waals surface area contributed by atoms with Crippen LogP contribution in [0.3, 0.4) is 0 Å². The van der Waals surface area contributed by atoms with Crippen molar-refractivity contribution in [1.82, 2.24) is 4.98 Å². The van der Waals surface area contributed by atoms with Gasteiger partial charge in [-0.3, -0.25) is 14.5 Å². The lowest BCUT2D eigenvalue weighted by atomic mass is 10.2. The highest BCUT2D eigenvalue weighted by atomic mass is 35.5. The summed E-state index contributed by atoms with van der Waals surface area (Å²) in [5.74, 6) is -0.102. The quantitative estimate of drug-likeness (QED) is 0.745. The SMILES string of the molecule is Cc1cccc2sc(NC(=O)CN3C(=O)COc4ccc(Cl)cc43)nc12. The third kappa shape index (κ3) is 3.11. The number of hydrogen-bond acceptors (Lipinski definition) is 5. The molecule has 26 heavy (non-hydrogen) atoms. The van der Waals surface area contributed by atoms with Gasteiger partial charge < -0.3 is 10.1 Å². The third-order valence-electron chi connectivity index (χ3n) is 4.03. The molecule has 0 fully saturated rings. The average Bonchev–Trinajstić information content (AvgIpc) is 3.01. The molecule has 4 rings (SSSR count). The molecule has 3 aromatic rings. The molecule has 0 unspecified atom stereocenters. The first-order valence-electron chi connectivity index (χ1n) is 7.90. The van der Waals surface area contributed by atoms with E-state index in [1.54, 1.807) is 18.2 Å². The minimum atomic E-state index is -0.331. The zero-order valence-electron chi connectivity index (χ0n) is 13.8. The molecular formula is C18H14ClN3O3S. The van der Waals surface area contributed by atoms with Crippen molar-refractivity contribution in [3.8, 4) is 5.75 Å². The molecule has 0 saturated carbocycles. The number of rotatable bonds is 3. The Morgan fingerprint density at radius 3 is 3.04 bits per heavy atom. The van der Waals surface area contributed by atoms with E-state index in [2.05, 4.69) is 10.3 Å². The Balaban J connectivity index is 1.55. The Bertz CT molecular complexity index is 1030. The number of aromatic nitrogens is 1. The van der Waals surface area contributed by atoms with Crippen LogP contribution < -0.4 is 15.0 Å². The van der Waals surface area contributed by atoms with E-state index in [0.717, 1.165) is 15.8 Å². The number of fused-ring (bicyclic) bond motifs is 2. The maximum Gasteiger partial charge on any atom is 0.265 e. The molecular weight excluding hydrogens is 374 g/mol. The number of anilines is 2. The van der Waals surface area contributed by atoms with Crippen LogP contribution in [0, 0.1) is 6.92 Å². The summed E-state index contributed by atoms with van der Waals surface area (Å²) in [5, 5.41) is 3.75. The van der Waals surface area contributed by atoms with Crippen molar-refractivity contribution < 1.29 is 14.3 Å². The van der Waals surface area contributed by atoms with Crippen LogP contribution in [0.25, 0.3) is 10.2 Å². The normalized spacial score (nSPS) is 13.5. The van der Waals surface area contributed by atoms with Gasteiger partial charge in [0.25, 0.3) is 5.91 Å². The molecule has 0 radical (unpaired) electrons. The van der Waals surface area contributed by atoms with E-state index < -0.39 is 0 Å². The first-order chi connectivity index (χ1) is 12.5. The summed E-state index contributed by atoms with van der Waals surface area (Å²) in [7, 11) is 0. The van der Waals surface area contributed by atoms with E-state index in [-0.39, 0.29) is 25.0 Å². The number of carbonyl (C=O) groups excluding carboxylic acids is 2. The minimum Gasteiger partial charge on any atom is -0.482 e. The largest absolute Gasteiger partial charge is 0.482 e. The van der Waals surface area contributed by atoms with Crippen LogP contribution in [0.4, 0.5) is 10.8 Å². The van der Waals surface area contributed by atoms with Crippen molar-refractivity contribution in [2.45, 2.75) is 6.92 Å². The summed E-state index contributed by atoms with van der Waals surface area (Å²) in [4.78, 5) is 30.5. The Kier molecular flexibility index (Phi) is 4.26. The number of benzene rings is 2. The van der Waals surface area contributed by atoms with Gasteiger partial charge in [0.1, 0.15) is 12.3 Å². The van der Waals surface area contributed by atoms with Crippen molar-refractivity contribution in [2.24, 2.45) is 0 Å². The molecule has 2 aromatic carbocycles. The standard InChI is InChI=1S/C18H14ClN3O3S/c1-10-3-2-4-14-17(10)21-18(26-14)20-15(23)8-22-12-7-11(19)5-6-13(12)25-9-16(22)24/h2-7H,8-9H2,1H3,(H,20,21,23). The van der Waals surface area contributed by atoms with Gasteiger partial charge in [0.05, 0.1) is 15.9 Å². The molecule has 0 aliphatic carbocycles. The fraction of sp³-hybridized carbons (Fsp3) is 0.167. The van der Waals surface area contributed by atoms with Crippen LogP contribution >= 0.6 is 22.9 Å². The smallest absolute Gasteiger partial charge is 0.265 e. The second-order valence-electron chi connectivity index (χ2n) is 5.87. The fourth-order valence-electron chi connectivity index (χ4n) is 2.79. The molecule has 1 aliphatic heterocycles. The predicted octanol–water partition coefficient (Wildman–Crippen LogP) is 3.62. The number of para-hydroxylation sites is 1. The van der Waals surface area contributed by atoms with Crippen LogP contribution in [0.1, 0.15) is 5.56 Å². The van der Waals surface area contributed by atoms with Crippen molar-refractivity contribution in [2.75, 3.05) is 23.4 Å². The fourth-order valence-corrected chi connectivity index (χ4v) is 3.92. The number of hydrogen-bond donors (Lipinski definition) is 1. The summed E-state index contributed by atoms with van der Waals surface area (Å²) in [6.07, 6.45) is 0. The molecule has 1 aliphatic rings. The van der Waals surface area contributed by atoms with Crippen molar-refractivity contribution >= 4 is 55.8 Å². The van der Waals surface area contributed by atoms with Gasteiger partial charge in [0, 0.05) is 5.02 Å². The second kappa shape index (κ2) is 6.59. The number of thiazole rings is 1. The number of aryl methyl sites for hydroxylation is 1. The lowest BCUT2D eigenvalue weighted by Gasteiger charge is -2.28. The monoisotopic (exact) mass is 387 g/mol. The second-order valence-corrected chi connectivity index (χ2v) is 7.34. The molecule has 1 N–H and O–H groups in total. The Hall–Kier alpha value is -2.64. The highest BCUT2D eigenvalue weighted by molar-refractivity contribution is 7.22.